The Hall–Kier alpha value is -3.27. The van der Waals surface area contributed by atoms with Crippen molar-refractivity contribution in [2.24, 2.45) is 0 Å². The molecule has 0 fully saturated rings. The van der Waals surface area contributed by atoms with Crippen molar-refractivity contribution in [3.05, 3.63) is 89.7 Å². The highest BCUT2D eigenvalue weighted by atomic mass is 16.5. The molecule has 0 aliphatic heterocycles. The van der Waals surface area contributed by atoms with Crippen molar-refractivity contribution >= 4 is 16.9 Å². The highest BCUT2D eigenvalue weighted by molar-refractivity contribution is 5.87. The Morgan fingerprint density at radius 2 is 1.88 bits per heavy atom. The summed E-state index contributed by atoms with van der Waals surface area (Å²) in [6.07, 6.45) is 14.8. The molecule has 4 heteroatoms. The van der Waals surface area contributed by atoms with Gasteiger partial charge in [0.15, 0.2) is 0 Å². The molecule has 2 aromatic carbocycles. The number of benzene rings is 2. The topological polar surface area (TPSA) is 42.7 Å². The van der Waals surface area contributed by atoms with Crippen LogP contribution in [-0.4, -0.2) is 24.5 Å². The quantitative estimate of drug-likeness (QED) is 0.333. The summed E-state index contributed by atoms with van der Waals surface area (Å²) in [5.41, 5.74) is 3.99. The van der Waals surface area contributed by atoms with E-state index in [0.717, 1.165) is 40.7 Å². The summed E-state index contributed by atoms with van der Waals surface area (Å²) in [6, 6.07) is 15.7. The normalized spacial score (nSPS) is 12.6. The Bertz CT molecular complexity index is 1110. The Balaban J connectivity index is 0.000000588. The first-order chi connectivity index (χ1) is 16.6. The van der Waals surface area contributed by atoms with Gasteiger partial charge in [-0.25, -0.2) is 0 Å². The number of hydrogen-bond donors (Lipinski definition) is 0. The number of carbonyl (C=O) groups excluding carboxylic acids is 1. The fraction of sp³-hybridized carbons (Fsp3) is 0.367. The van der Waals surface area contributed by atoms with Crippen LogP contribution in [-0.2, 0) is 17.8 Å². The van der Waals surface area contributed by atoms with Gasteiger partial charge in [0.25, 0.3) is 0 Å². The lowest BCUT2D eigenvalue weighted by molar-refractivity contribution is -0.129. The maximum Gasteiger partial charge on any atom is 0.227 e. The second kappa shape index (κ2) is 13.4. The number of fused-ring (bicyclic) bond motifs is 1. The van der Waals surface area contributed by atoms with Gasteiger partial charge in [-0.3, -0.25) is 4.79 Å². The standard InChI is InChI=1S/C25H25NO3.C5H12/c1-26(25(27)15-21-18-29-24-13-6-5-12-23(21)24)16-20-10-7-11-22(14-20)28-17-19-8-3-2-4-9-19;1-3-5-4-2/h3,5-14,18H,2,4,15-17H2,1H3;3-5H2,1-2H3. The smallest absolute Gasteiger partial charge is 0.227 e. The minimum Gasteiger partial charge on any atom is -0.489 e. The lowest BCUT2D eigenvalue weighted by atomic mass is 10.1. The number of furan rings is 1. The highest BCUT2D eigenvalue weighted by Crippen LogP contribution is 2.22. The summed E-state index contributed by atoms with van der Waals surface area (Å²) in [5, 5.41) is 0.996. The molecule has 1 heterocycles. The fourth-order valence-electron chi connectivity index (χ4n) is 3.86. The van der Waals surface area contributed by atoms with Crippen molar-refractivity contribution in [3.63, 3.8) is 0 Å². The van der Waals surface area contributed by atoms with Gasteiger partial charge >= 0.3 is 0 Å². The Morgan fingerprint density at radius 1 is 1.06 bits per heavy atom. The maximum atomic E-state index is 12.7. The first kappa shape index (κ1) is 25.4. The number of likely N-dealkylation sites (N-methyl/N-ethyl adjacent to an activating group) is 1. The van der Waals surface area contributed by atoms with Gasteiger partial charge in [-0.2, -0.15) is 0 Å². The number of para-hydroxylation sites is 1. The molecule has 0 unspecified atom stereocenters. The molecule has 0 spiro atoms. The van der Waals surface area contributed by atoms with Gasteiger partial charge in [-0.1, -0.05) is 81.7 Å². The second-order valence-corrected chi connectivity index (χ2v) is 8.73. The highest BCUT2D eigenvalue weighted by Gasteiger charge is 2.14. The van der Waals surface area contributed by atoms with Crippen molar-refractivity contribution in [1.82, 2.24) is 4.90 Å². The van der Waals surface area contributed by atoms with Gasteiger partial charge in [0.1, 0.15) is 17.9 Å². The molecule has 0 saturated carbocycles. The number of carbonyl (C=O) groups is 1. The van der Waals surface area contributed by atoms with E-state index in [-0.39, 0.29) is 5.91 Å². The van der Waals surface area contributed by atoms with Gasteiger partial charge < -0.3 is 14.1 Å². The fourth-order valence-corrected chi connectivity index (χ4v) is 3.86. The molecule has 4 nitrogen and oxygen atoms in total. The molecule has 0 bridgehead atoms. The molecule has 0 radical (unpaired) electrons. The Morgan fingerprint density at radius 3 is 2.62 bits per heavy atom. The zero-order valence-corrected chi connectivity index (χ0v) is 20.8. The first-order valence-corrected chi connectivity index (χ1v) is 12.4. The largest absolute Gasteiger partial charge is 0.489 e. The SMILES string of the molecule is CCCCC.CN(Cc1cccc(OCC2=CCCC=C2)c1)C(=O)Cc1coc2ccccc12. The zero-order valence-electron chi connectivity index (χ0n) is 20.8. The summed E-state index contributed by atoms with van der Waals surface area (Å²) in [7, 11) is 1.83. The molecule has 0 atom stereocenters. The molecule has 3 aromatic rings. The average Bonchev–Trinajstić information content (AvgIpc) is 3.27. The molecule has 1 aliphatic rings. The molecule has 1 amide bonds. The van der Waals surface area contributed by atoms with E-state index in [9.17, 15) is 4.79 Å². The number of hydrogen-bond acceptors (Lipinski definition) is 3. The number of allylic oxidation sites excluding steroid dienone is 2. The third-order valence-corrected chi connectivity index (χ3v) is 5.83. The number of rotatable bonds is 9. The van der Waals surface area contributed by atoms with Crippen molar-refractivity contribution in [2.45, 2.75) is 58.9 Å². The van der Waals surface area contributed by atoms with E-state index >= 15 is 0 Å². The van der Waals surface area contributed by atoms with E-state index in [0.29, 0.717) is 19.6 Å². The van der Waals surface area contributed by atoms with E-state index in [1.54, 1.807) is 11.2 Å². The molecular weight excluding hydrogens is 422 g/mol. The van der Waals surface area contributed by atoms with Gasteiger partial charge in [0.2, 0.25) is 5.91 Å². The monoisotopic (exact) mass is 459 g/mol. The van der Waals surface area contributed by atoms with Crippen LogP contribution in [0.2, 0.25) is 0 Å². The predicted molar refractivity (Wildman–Crippen MR) is 140 cm³/mol. The molecule has 4 rings (SSSR count). The third kappa shape index (κ3) is 7.65. The van der Waals surface area contributed by atoms with Gasteiger partial charge in [0.05, 0.1) is 12.7 Å². The molecule has 1 aliphatic carbocycles. The summed E-state index contributed by atoms with van der Waals surface area (Å²) >= 11 is 0. The van der Waals surface area contributed by atoms with E-state index < -0.39 is 0 Å². The molecule has 34 heavy (non-hydrogen) atoms. The van der Waals surface area contributed by atoms with Crippen LogP contribution in [0.4, 0.5) is 0 Å². The van der Waals surface area contributed by atoms with Crippen LogP contribution in [0.3, 0.4) is 0 Å². The summed E-state index contributed by atoms with van der Waals surface area (Å²) in [6.45, 7) is 5.53. The van der Waals surface area contributed by atoms with E-state index in [2.05, 4.69) is 32.1 Å². The van der Waals surface area contributed by atoms with Crippen molar-refractivity contribution in [2.75, 3.05) is 13.7 Å². The molecule has 180 valence electrons. The number of amides is 1. The minimum atomic E-state index is 0.0559. The Labute approximate surface area is 203 Å². The van der Waals surface area contributed by atoms with Crippen LogP contribution in [0.15, 0.2) is 83.0 Å². The van der Waals surface area contributed by atoms with E-state index in [4.69, 9.17) is 9.15 Å². The predicted octanol–water partition coefficient (Wildman–Crippen LogP) is 7.49. The van der Waals surface area contributed by atoms with Crippen molar-refractivity contribution in [3.8, 4) is 5.75 Å². The summed E-state index contributed by atoms with van der Waals surface area (Å²) in [4.78, 5) is 14.5. The van der Waals surface area contributed by atoms with Crippen LogP contribution in [0.1, 0.15) is 57.1 Å². The van der Waals surface area contributed by atoms with E-state index in [1.165, 1.54) is 24.8 Å². The number of unbranched alkanes of at least 4 members (excludes halogenated alkanes) is 2. The third-order valence-electron chi connectivity index (χ3n) is 5.83. The van der Waals surface area contributed by atoms with E-state index in [1.807, 2.05) is 55.6 Å². The van der Waals surface area contributed by atoms with Crippen LogP contribution in [0.25, 0.3) is 11.0 Å². The van der Waals surface area contributed by atoms with Crippen molar-refractivity contribution < 1.29 is 13.9 Å². The maximum absolute atomic E-state index is 12.7. The first-order valence-electron chi connectivity index (χ1n) is 12.4. The zero-order chi connectivity index (χ0) is 24.2. The lowest BCUT2D eigenvalue weighted by Crippen LogP contribution is -2.27. The van der Waals surface area contributed by atoms with Crippen molar-refractivity contribution in [1.29, 1.82) is 0 Å². The van der Waals surface area contributed by atoms with Gasteiger partial charge in [-0.15, -0.1) is 0 Å². The average molecular weight is 460 g/mol. The molecule has 0 saturated heterocycles. The lowest BCUT2D eigenvalue weighted by Gasteiger charge is -2.18. The van der Waals surface area contributed by atoms with Crippen LogP contribution in [0, 0.1) is 0 Å². The second-order valence-electron chi connectivity index (χ2n) is 8.73. The summed E-state index contributed by atoms with van der Waals surface area (Å²) in [5.74, 6) is 0.879. The Kier molecular flexibility index (Phi) is 10.0. The molecule has 1 aromatic heterocycles. The van der Waals surface area contributed by atoms with Crippen LogP contribution < -0.4 is 4.74 Å². The number of ether oxygens (including phenoxy) is 1. The summed E-state index contributed by atoms with van der Waals surface area (Å²) < 4.78 is 11.5. The number of nitrogens with zero attached hydrogens (tertiary/aromatic N) is 1. The van der Waals surface area contributed by atoms with Gasteiger partial charge in [0, 0.05) is 24.5 Å². The van der Waals surface area contributed by atoms with Crippen LogP contribution in [0.5, 0.6) is 5.75 Å². The minimum absolute atomic E-state index is 0.0559. The van der Waals surface area contributed by atoms with Crippen LogP contribution >= 0.6 is 0 Å². The molecular formula is C30H37NO3. The molecule has 0 N–H and O–H groups in total. The van der Waals surface area contributed by atoms with Gasteiger partial charge in [-0.05, 0) is 42.2 Å².